The third-order valence-corrected chi connectivity index (χ3v) is 5.34. The van der Waals surface area contributed by atoms with Crippen molar-refractivity contribution in [1.29, 1.82) is 0 Å². The Morgan fingerprint density at radius 1 is 1.26 bits per heavy atom. The summed E-state index contributed by atoms with van der Waals surface area (Å²) in [5.74, 6) is -1.73. The molecule has 0 unspecified atom stereocenters. The van der Waals surface area contributed by atoms with E-state index in [0.29, 0.717) is 28.4 Å². The minimum absolute atomic E-state index is 0.0479. The van der Waals surface area contributed by atoms with Crippen LogP contribution in [-0.4, -0.2) is 35.4 Å². The maximum absolute atomic E-state index is 13.7. The van der Waals surface area contributed by atoms with Gasteiger partial charge in [-0.3, -0.25) is 14.6 Å². The predicted molar refractivity (Wildman–Crippen MR) is 115 cm³/mol. The fraction of sp³-hybridized carbons (Fsp3) is 0.182. The third-order valence-electron chi connectivity index (χ3n) is 5.04. The van der Waals surface area contributed by atoms with Gasteiger partial charge in [-0.05, 0) is 37.3 Å². The Balaban J connectivity index is 1.74. The molecule has 4 rings (SSSR count). The molecule has 0 aliphatic carbocycles. The summed E-state index contributed by atoms with van der Waals surface area (Å²) >= 11 is 5.69. The molecule has 3 heterocycles. The summed E-state index contributed by atoms with van der Waals surface area (Å²) in [4.78, 5) is 36.1. The number of methoxy groups -OCH3 is 1. The minimum atomic E-state index is -0.651. The number of fused-ring (bicyclic) bond motifs is 3. The lowest BCUT2D eigenvalue weighted by atomic mass is 9.98. The van der Waals surface area contributed by atoms with Crippen LogP contribution in [0.15, 0.2) is 48.8 Å². The van der Waals surface area contributed by atoms with Crippen molar-refractivity contribution in [2.75, 3.05) is 23.9 Å². The summed E-state index contributed by atoms with van der Waals surface area (Å²) in [5, 5.41) is 2.55. The fourth-order valence-corrected chi connectivity index (χ4v) is 3.71. The molecule has 31 heavy (non-hydrogen) atoms. The largest absolute Gasteiger partial charge is 0.480 e. The van der Waals surface area contributed by atoms with E-state index >= 15 is 0 Å². The van der Waals surface area contributed by atoms with Crippen molar-refractivity contribution < 1.29 is 18.7 Å². The van der Waals surface area contributed by atoms with Gasteiger partial charge in [-0.1, -0.05) is 17.7 Å². The quantitative estimate of drug-likeness (QED) is 0.662. The average molecular weight is 441 g/mol. The minimum Gasteiger partial charge on any atom is -0.480 e. The molecule has 7 nitrogen and oxygen atoms in total. The van der Waals surface area contributed by atoms with Crippen LogP contribution >= 0.6 is 11.6 Å². The van der Waals surface area contributed by atoms with Crippen LogP contribution in [0, 0.1) is 5.82 Å². The zero-order chi connectivity index (χ0) is 22.1. The summed E-state index contributed by atoms with van der Waals surface area (Å²) in [6.45, 7) is 1.45. The van der Waals surface area contributed by atoms with E-state index in [9.17, 15) is 14.0 Å². The molecule has 9 heteroatoms. The van der Waals surface area contributed by atoms with Crippen molar-refractivity contribution in [2.45, 2.75) is 12.8 Å². The molecular weight excluding hydrogens is 423 g/mol. The Hall–Kier alpha value is -3.52. The number of amides is 2. The van der Waals surface area contributed by atoms with Crippen molar-refractivity contribution >= 4 is 34.8 Å². The van der Waals surface area contributed by atoms with E-state index < -0.39 is 17.6 Å². The standard InChI is InChI=1S/C22H18ClFN4O3/c1-12-20-14(4-3-8-25-20)19-17(7-9-26-21(19)31-2)28(22(12)30)11-18(29)27-13-5-6-15(23)16(24)10-13/h3-10,12H,11H2,1-2H3,(H,27,29)/t12-/m1/s1. The van der Waals surface area contributed by atoms with Crippen LogP contribution in [0.4, 0.5) is 15.8 Å². The summed E-state index contributed by atoms with van der Waals surface area (Å²) < 4.78 is 19.1. The second-order valence-corrected chi connectivity index (χ2v) is 7.38. The molecule has 3 aromatic rings. The van der Waals surface area contributed by atoms with E-state index in [1.165, 1.54) is 30.3 Å². The lowest BCUT2D eigenvalue weighted by Crippen LogP contribution is -2.40. The number of nitrogens with one attached hydrogen (secondary N) is 1. The molecule has 0 saturated carbocycles. The first kappa shape index (κ1) is 20.7. The molecule has 0 spiro atoms. The van der Waals surface area contributed by atoms with E-state index in [1.807, 2.05) is 6.07 Å². The van der Waals surface area contributed by atoms with Gasteiger partial charge in [0.1, 0.15) is 12.4 Å². The summed E-state index contributed by atoms with van der Waals surface area (Å²) in [5.41, 5.74) is 2.58. The van der Waals surface area contributed by atoms with Gasteiger partial charge < -0.3 is 15.0 Å². The number of rotatable bonds is 4. The van der Waals surface area contributed by atoms with E-state index in [1.54, 1.807) is 25.3 Å². The molecule has 1 aromatic carbocycles. The van der Waals surface area contributed by atoms with Crippen molar-refractivity contribution in [2.24, 2.45) is 0 Å². The topological polar surface area (TPSA) is 84.4 Å². The summed E-state index contributed by atoms with van der Waals surface area (Å²) in [6.07, 6.45) is 3.12. The molecule has 1 aliphatic rings. The molecule has 0 fully saturated rings. The van der Waals surface area contributed by atoms with Gasteiger partial charge in [-0.2, -0.15) is 0 Å². The Kier molecular flexibility index (Phi) is 5.56. The smallest absolute Gasteiger partial charge is 0.244 e. The van der Waals surface area contributed by atoms with Gasteiger partial charge in [-0.25, -0.2) is 9.37 Å². The molecule has 2 aromatic heterocycles. The molecule has 0 radical (unpaired) electrons. The third kappa shape index (κ3) is 3.82. The van der Waals surface area contributed by atoms with Gasteiger partial charge in [-0.15, -0.1) is 0 Å². The Bertz CT molecular complexity index is 1190. The second-order valence-electron chi connectivity index (χ2n) is 6.97. The molecule has 0 saturated heterocycles. The summed E-state index contributed by atoms with van der Waals surface area (Å²) in [7, 11) is 1.49. The first-order valence-electron chi connectivity index (χ1n) is 9.45. The zero-order valence-corrected chi connectivity index (χ0v) is 17.5. The van der Waals surface area contributed by atoms with Crippen molar-refractivity contribution in [1.82, 2.24) is 9.97 Å². The van der Waals surface area contributed by atoms with Gasteiger partial charge in [0.2, 0.25) is 17.7 Å². The van der Waals surface area contributed by atoms with Gasteiger partial charge in [0.15, 0.2) is 0 Å². The lowest BCUT2D eigenvalue weighted by molar-refractivity contribution is -0.122. The number of aromatic nitrogens is 2. The molecular formula is C22H18ClFN4O3. The number of carbonyl (C=O) groups excluding carboxylic acids is 2. The van der Waals surface area contributed by atoms with Gasteiger partial charge in [0, 0.05) is 23.6 Å². The van der Waals surface area contributed by atoms with Crippen LogP contribution in [0.5, 0.6) is 5.88 Å². The Morgan fingerprint density at radius 3 is 2.81 bits per heavy atom. The van der Waals surface area contributed by atoms with Crippen molar-refractivity contribution in [3.8, 4) is 17.0 Å². The SMILES string of the molecule is COc1nccc2c1-c1cccnc1[C@@H](C)C(=O)N2CC(=O)Nc1ccc(Cl)c(F)c1. The van der Waals surface area contributed by atoms with Gasteiger partial charge in [0.05, 0.1) is 35.0 Å². The molecule has 158 valence electrons. The second kappa shape index (κ2) is 8.31. The van der Waals surface area contributed by atoms with Crippen LogP contribution < -0.4 is 15.0 Å². The molecule has 1 N–H and O–H groups in total. The van der Waals surface area contributed by atoms with Gasteiger partial charge >= 0.3 is 0 Å². The van der Waals surface area contributed by atoms with E-state index in [0.717, 1.165) is 6.07 Å². The van der Waals surface area contributed by atoms with Gasteiger partial charge in [0.25, 0.3) is 0 Å². The van der Waals surface area contributed by atoms with Crippen molar-refractivity contribution in [3.05, 3.63) is 65.3 Å². The number of pyridine rings is 2. The first-order chi connectivity index (χ1) is 14.9. The molecule has 1 aliphatic heterocycles. The van der Waals surface area contributed by atoms with E-state index in [-0.39, 0.29) is 23.2 Å². The molecule has 2 amide bonds. The van der Waals surface area contributed by atoms with Crippen LogP contribution in [0.25, 0.3) is 11.1 Å². The number of carbonyl (C=O) groups is 2. The van der Waals surface area contributed by atoms with Crippen LogP contribution in [-0.2, 0) is 9.59 Å². The number of nitrogens with zero attached hydrogens (tertiary/aromatic N) is 3. The van der Waals surface area contributed by atoms with Crippen LogP contribution in [0.2, 0.25) is 5.02 Å². The Morgan fingerprint density at radius 2 is 2.06 bits per heavy atom. The highest BCUT2D eigenvalue weighted by Crippen LogP contribution is 2.43. The Labute approximate surface area is 182 Å². The number of anilines is 2. The highest BCUT2D eigenvalue weighted by molar-refractivity contribution is 6.30. The maximum atomic E-state index is 13.7. The van der Waals surface area contributed by atoms with E-state index in [2.05, 4.69) is 15.3 Å². The predicted octanol–water partition coefficient (Wildman–Crippen LogP) is 4.03. The van der Waals surface area contributed by atoms with E-state index in [4.69, 9.17) is 16.3 Å². The monoisotopic (exact) mass is 440 g/mol. The number of ether oxygens (including phenoxy) is 1. The average Bonchev–Trinajstić information content (AvgIpc) is 2.86. The lowest BCUT2D eigenvalue weighted by Gasteiger charge is -2.24. The highest BCUT2D eigenvalue weighted by Gasteiger charge is 2.35. The molecule has 0 bridgehead atoms. The number of halogens is 2. The normalized spacial score (nSPS) is 15.0. The number of hydrogen-bond donors (Lipinski definition) is 1. The number of benzene rings is 1. The fourth-order valence-electron chi connectivity index (χ4n) is 3.59. The van der Waals surface area contributed by atoms with Crippen molar-refractivity contribution in [3.63, 3.8) is 0 Å². The first-order valence-corrected chi connectivity index (χ1v) is 9.83. The highest BCUT2D eigenvalue weighted by atomic mass is 35.5. The molecule has 1 atom stereocenters. The number of hydrogen-bond acceptors (Lipinski definition) is 5. The van der Waals surface area contributed by atoms with Crippen LogP contribution in [0.1, 0.15) is 18.5 Å². The maximum Gasteiger partial charge on any atom is 0.244 e. The zero-order valence-electron chi connectivity index (χ0n) is 16.7. The summed E-state index contributed by atoms with van der Waals surface area (Å²) in [6, 6.07) is 9.21. The van der Waals surface area contributed by atoms with Crippen LogP contribution in [0.3, 0.4) is 0 Å².